The van der Waals surface area contributed by atoms with Gasteiger partial charge in [0.25, 0.3) is 0 Å². The lowest BCUT2D eigenvalue weighted by Gasteiger charge is -2.06. The quantitative estimate of drug-likeness (QED) is 0.689. The number of halogens is 3. The van der Waals surface area contributed by atoms with Crippen LogP contribution in [0.25, 0.3) is 0 Å². The topological polar surface area (TPSA) is 49.7 Å². The molecule has 1 aromatic carbocycles. The van der Waals surface area contributed by atoms with Gasteiger partial charge in [0, 0.05) is 11.5 Å². The average molecular weight is 206 g/mol. The van der Waals surface area contributed by atoms with Crippen LogP contribution in [0.2, 0.25) is 0 Å². The highest BCUT2D eigenvalue weighted by Gasteiger charge is 2.17. The Labute approximate surface area is 77.9 Å². The van der Waals surface area contributed by atoms with Crippen molar-refractivity contribution in [2.24, 2.45) is 0 Å². The van der Waals surface area contributed by atoms with Gasteiger partial charge < -0.3 is 14.8 Å². The Morgan fingerprint density at radius 1 is 1.29 bits per heavy atom. The molecule has 7 heteroatoms. The molecule has 0 saturated heterocycles. The molecule has 0 amide bonds. The second-order valence-electron chi connectivity index (χ2n) is 2.44. The highest BCUT2D eigenvalue weighted by Crippen LogP contribution is 2.13. The van der Waals surface area contributed by atoms with Crippen LogP contribution < -0.4 is 10.2 Å². The summed E-state index contributed by atoms with van der Waals surface area (Å²) in [5.74, 6) is -1.39. The summed E-state index contributed by atoms with van der Waals surface area (Å²) >= 11 is 0. The third-order valence-corrected chi connectivity index (χ3v) is 1.48. The Morgan fingerprint density at radius 3 is 2.36 bits per heavy atom. The standard InChI is InChI=1S/C7H6BF3O3/c9-6-3-4(14-7(10)11)1-2-5(6)8(12)13/h1-3,7,12-13H. The second kappa shape index (κ2) is 4.34. The Balaban J connectivity index is 2.89. The van der Waals surface area contributed by atoms with Gasteiger partial charge in [-0.1, -0.05) is 6.07 Å². The monoisotopic (exact) mass is 206 g/mol. The Hall–Kier alpha value is -1.21. The molecule has 14 heavy (non-hydrogen) atoms. The molecule has 1 aromatic rings. The van der Waals surface area contributed by atoms with E-state index in [9.17, 15) is 13.2 Å². The molecule has 0 bridgehead atoms. The normalized spacial score (nSPS) is 10.4. The zero-order valence-corrected chi connectivity index (χ0v) is 6.82. The largest absolute Gasteiger partial charge is 0.491 e. The summed E-state index contributed by atoms with van der Waals surface area (Å²) in [5.41, 5.74) is -0.397. The number of ether oxygens (including phenoxy) is 1. The number of benzene rings is 1. The zero-order chi connectivity index (χ0) is 10.7. The number of rotatable bonds is 3. The molecule has 0 saturated carbocycles. The smallest absolute Gasteiger partial charge is 0.435 e. The van der Waals surface area contributed by atoms with Crippen LogP contribution in [0, 0.1) is 5.82 Å². The fourth-order valence-electron chi connectivity index (χ4n) is 0.893. The van der Waals surface area contributed by atoms with Gasteiger partial charge in [0.1, 0.15) is 11.6 Å². The van der Waals surface area contributed by atoms with E-state index in [-0.39, 0.29) is 5.75 Å². The summed E-state index contributed by atoms with van der Waals surface area (Å²) in [7, 11) is -1.98. The van der Waals surface area contributed by atoms with Gasteiger partial charge in [0.05, 0.1) is 0 Å². The minimum absolute atomic E-state index is 0.373. The van der Waals surface area contributed by atoms with E-state index < -0.39 is 25.0 Å². The number of hydrogen-bond donors (Lipinski definition) is 2. The van der Waals surface area contributed by atoms with E-state index in [1.54, 1.807) is 0 Å². The SMILES string of the molecule is OB(O)c1ccc(OC(F)F)cc1F. The van der Waals surface area contributed by atoms with Crippen molar-refractivity contribution >= 4 is 12.6 Å². The molecule has 0 unspecified atom stereocenters. The van der Waals surface area contributed by atoms with Crippen molar-refractivity contribution in [1.82, 2.24) is 0 Å². The fourth-order valence-corrected chi connectivity index (χ4v) is 0.893. The lowest BCUT2D eigenvalue weighted by atomic mass is 9.80. The van der Waals surface area contributed by atoms with Crippen molar-refractivity contribution in [3.8, 4) is 5.75 Å². The number of hydrogen-bond acceptors (Lipinski definition) is 3. The van der Waals surface area contributed by atoms with Crippen molar-refractivity contribution in [3.63, 3.8) is 0 Å². The van der Waals surface area contributed by atoms with Crippen molar-refractivity contribution in [1.29, 1.82) is 0 Å². The molecular formula is C7H6BF3O3. The van der Waals surface area contributed by atoms with Gasteiger partial charge in [0.2, 0.25) is 0 Å². The van der Waals surface area contributed by atoms with Gasteiger partial charge in [-0.3, -0.25) is 0 Å². The maximum atomic E-state index is 12.9. The molecule has 76 valence electrons. The van der Waals surface area contributed by atoms with Crippen LogP contribution in [0.5, 0.6) is 5.75 Å². The zero-order valence-electron chi connectivity index (χ0n) is 6.82. The lowest BCUT2D eigenvalue weighted by Crippen LogP contribution is -2.32. The Kier molecular flexibility index (Phi) is 3.37. The molecule has 0 spiro atoms. The van der Waals surface area contributed by atoms with Crippen molar-refractivity contribution < 1.29 is 28.0 Å². The van der Waals surface area contributed by atoms with E-state index in [1.165, 1.54) is 0 Å². The maximum absolute atomic E-state index is 12.9. The molecule has 0 aliphatic heterocycles. The minimum Gasteiger partial charge on any atom is -0.435 e. The van der Waals surface area contributed by atoms with Crippen molar-refractivity contribution in [2.45, 2.75) is 6.61 Å². The Morgan fingerprint density at radius 2 is 1.93 bits per heavy atom. The molecule has 0 aliphatic rings. The van der Waals surface area contributed by atoms with E-state index in [2.05, 4.69) is 4.74 Å². The first-order valence-corrected chi connectivity index (χ1v) is 3.61. The van der Waals surface area contributed by atoms with E-state index >= 15 is 0 Å². The van der Waals surface area contributed by atoms with E-state index in [0.29, 0.717) is 6.07 Å². The summed E-state index contributed by atoms with van der Waals surface area (Å²) in [6.45, 7) is -3.04. The van der Waals surface area contributed by atoms with Crippen LogP contribution in [0.1, 0.15) is 0 Å². The summed E-state index contributed by atoms with van der Waals surface area (Å²) in [6, 6.07) is 2.63. The summed E-state index contributed by atoms with van der Waals surface area (Å²) in [6.07, 6.45) is 0. The fraction of sp³-hybridized carbons (Fsp3) is 0.143. The van der Waals surface area contributed by atoms with Gasteiger partial charge >= 0.3 is 13.7 Å². The lowest BCUT2D eigenvalue weighted by molar-refractivity contribution is -0.0499. The molecule has 0 fully saturated rings. The van der Waals surface area contributed by atoms with Crippen LogP contribution in [-0.4, -0.2) is 23.8 Å². The van der Waals surface area contributed by atoms with Crippen molar-refractivity contribution in [2.75, 3.05) is 0 Å². The predicted molar refractivity (Wildman–Crippen MR) is 42.9 cm³/mol. The predicted octanol–water partition coefficient (Wildman–Crippen LogP) is 0.107. The summed E-state index contributed by atoms with van der Waals surface area (Å²) in [5, 5.41) is 17.2. The first-order valence-electron chi connectivity index (χ1n) is 3.61. The minimum atomic E-state index is -3.04. The van der Waals surface area contributed by atoms with Gasteiger partial charge in [-0.2, -0.15) is 8.78 Å². The average Bonchev–Trinajstić information content (AvgIpc) is 2.01. The first kappa shape index (κ1) is 10.9. The van der Waals surface area contributed by atoms with Crippen LogP contribution >= 0.6 is 0 Å². The Bertz CT molecular complexity index is 319. The van der Waals surface area contributed by atoms with Crippen LogP contribution in [0.3, 0.4) is 0 Å². The van der Waals surface area contributed by atoms with E-state index in [1.807, 2.05) is 0 Å². The van der Waals surface area contributed by atoms with Crippen LogP contribution in [-0.2, 0) is 0 Å². The molecule has 0 heterocycles. The van der Waals surface area contributed by atoms with E-state index in [4.69, 9.17) is 10.0 Å². The van der Waals surface area contributed by atoms with Gasteiger partial charge in [0.15, 0.2) is 0 Å². The molecule has 2 N–H and O–H groups in total. The van der Waals surface area contributed by atoms with Gasteiger partial charge in [-0.05, 0) is 6.07 Å². The molecular weight excluding hydrogens is 200 g/mol. The molecule has 3 nitrogen and oxygen atoms in total. The second-order valence-corrected chi connectivity index (χ2v) is 2.44. The van der Waals surface area contributed by atoms with Crippen LogP contribution in [0.15, 0.2) is 18.2 Å². The molecule has 0 atom stereocenters. The molecule has 1 rings (SSSR count). The van der Waals surface area contributed by atoms with Gasteiger partial charge in [-0.25, -0.2) is 4.39 Å². The number of alkyl halides is 2. The highest BCUT2D eigenvalue weighted by atomic mass is 19.3. The van der Waals surface area contributed by atoms with Crippen LogP contribution in [0.4, 0.5) is 13.2 Å². The van der Waals surface area contributed by atoms with Gasteiger partial charge in [-0.15, -0.1) is 0 Å². The molecule has 0 aromatic heterocycles. The third kappa shape index (κ3) is 2.64. The highest BCUT2D eigenvalue weighted by molar-refractivity contribution is 6.58. The molecule has 0 radical (unpaired) electrons. The third-order valence-electron chi connectivity index (χ3n) is 1.48. The van der Waals surface area contributed by atoms with E-state index in [0.717, 1.165) is 12.1 Å². The summed E-state index contributed by atoms with van der Waals surface area (Å²) in [4.78, 5) is 0. The molecule has 0 aliphatic carbocycles. The first-order chi connectivity index (χ1) is 6.50. The maximum Gasteiger partial charge on any atom is 0.491 e. The summed E-state index contributed by atoms with van der Waals surface area (Å²) < 4.78 is 40.1. The van der Waals surface area contributed by atoms with Crippen molar-refractivity contribution in [3.05, 3.63) is 24.0 Å².